The fraction of sp³-hybridized carbons (Fsp3) is 0.167. The molecule has 146 valence electrons. The van der Waals surface area contributed by atoms with Gasteiger partial charge in [0.15, 0.2) is 0 Å². The Morgan fingerprint density at radius 3 is 2.38 bits per heavy atom. The number of aromatic nitrogens is 1. The average molecular weight is 448 g/mol. The second-order valence-corrected chi connectivity index (χ2v) is 8.06. The molecule has 29 heavy (non-hydrogen) atoms. The highest BCUT2D eigenvalue weighted by molar-refractivity contribution is 9.10. The van der Waals surface area contributed by atoms with E-state index in [0.717, 1.165) is 27.1 Å². The zero-order valence-electron chi connectivity index (χ0n) is 16.9. The highest BCUT2D eigenvalue weighted by Crippen LogP contribution is 2.25. The lowest BCUT2D eigenvalue weighted by molar-refractivity contribution is -0.112. The van der Waals surface area contributed by atoms with Gasteiger partial charge in [0.25, 0.3) is 5.91 Å². The number of benzene rings is 2. The SMILES string of the molecule is Cc1cc(C)cc(-n2c(C)cc(/C=C(/C#N)C(=O)Nc3cccc(Br)c3)c2C)c1. The number of nitrogens with one attached hydrogen (secondary N) is 1. The molecule has 0 spiro atoms. The molecule has 3 aromatic rings. The zero-order chi connectivity index (χ0) is 21.1. The summed E-state index contributed by atoms with van der Waals surface area (Å²) in [6, 6.07) is 17.7. The lowest BCUT2D eigenvalue weighted by Crippen LogP contribution is -2.13. The van der Waals surface area contributed by atoms with E-state index >= 15 is 0 Å². The summed E-state index contributed by atoms with van der Waals surface area (Å²) in [7, 11) is 0. The van der Waals surface area contributed by atoms with Crippen molar-refractivity contribution in [3.63, 3.8) is 0 Å². The summed E-state index contributed by atoms with van der Waals surface area (Å²) < 4.78 is 3.00. The zero-order valence-corrected chi connectivity index (χ0v) is 18.5. The summed E-state index contributed by atoms with van der Waals surface area (Å²) in [5.41, 5.74) is 7.03. The van der Waals surface area contributed by atoms with Crippen LogP contribution in [0.25, 0.3) is 11.8 Å². The van der Waals surface area contributed by atoms with Crippen molar-refractivity contribution >= 4 is 33.6 Å². The number of rotatable bonds is 4. The molecule has 1 aromatic heterocycles. The molecule has 1 N–H and O–H groups in total. The number of nitriles is 1. The fourth-order valence-electron chi connectivity index (χ4n) is 3.48. The molecule has 0 aliphatic heterocycles. The Bertz CT molecular complexity index is 1150. The van der Waals surface area contributed by atoms with Crippen molar-refractivity contribution in [1.82, 2.24) is 4.57 Å². The molecule has 2 aromatic carbocycles. The lowest BCUT2D eigenvalue weighted by atomic mass is 10.1. The van der Waals surface area contributed by atoms with Gasteiger partial charge in [0.2, 0.25) is 0 Å². The van der Waals surface area contributed by atoms with Gasteiger partial charge in [-0.25, -0.2) is 0 Å². The maximum atomic E-state index is 12.6. The van der Waals surface area contributed by atoms with Crippen LogP contribution in [-0.2, 0) is 4.79 Å². The molecule has 0 radical (unpaired) electrons. The predicted octanol–water partition coefficient (Wildman–Crippen LogP) is 6.02. The van der Waals surface area contributed by atoms with E-state index in [4.69, 9.17) is 0 Å². The number of hydrogen-bond donors (Lipinski definition) is 1. The number of anilines is 1. The van der Waals surface area contributed by atoms with Crippen LogP contribution >= 0.6 is 15.9 Å². The van der Waals surface area contributed by atoms with Crippen LogP contribution in [0.1, 0.15) is 28.1 Å². The Labute approximate surface area is 179 Å². The van der Waals surface area contributed by atoms with Gasteiger partial charge in [0, 0.05) is 27.2 Å². The third kappa shape index (κ3) is 4.67. The summed E-state index contributed by atoms with van der Waals surface area (Å²) in [6.45, 7) is 8.17. The van der Waals surface area contributed by atoms with Crippen LogP contribution in [0.3, 0.4) is 0 Å². The monoisotopic (exact) mass is 447 g/mol. The summed E-state index contributed by atoms with van der Waals surface area (Å²) in [5.74, 6) is -0.429. The molecule has 4 nitrogen and oxygen atoms in total. The molecule has 1 heterocycles. The maximum Gasteiger partial charge on any atom is 0.266 e. The van der Waals surface area contributed by atoms with Gasteiger partial charge < -0.3 is 9.88 Å². The maximum absolute atomic E-state index is 12.6. The molecule has 0 saturated heterocycles. The second kappa shape index (κ2) is 8.50. The van der Waals surface area contributed by atoms with E-state index in [1.165, 1.54) is 11.1 Å². The summed E-state index contributed by atoms with van der Waals surface area (Å²) >= 11 is 3.38. The van der Waals surface area contributed by atoms with Crippen molar-refractivity contribution in [2.24, 2.45) is 0 Å². The van der Waals surface area contributed by atoms with Crippen LogP contribution in [0.4, 0.5) is 5.69 Å². The van der Waals surface area contributed by atoms with Crippen molar-refractivity contribution in [3.8, 4) is 11.8 Å². The molecule has 0 aliphatic rings. The predicted molar refractivity (Wildman–Crippen MR) is 121 cm³/mol. The van der Waals surface area contributed by atoms with Gasteiger partial charge in [-0.2, -0.15) is 5.26 Å². The van der Waals surface area contributed by atoms with E-state index in [9.17, 15) is 10.1 Å². The molecule has 5 heteroatoms. The van der Waals surface area contributed by atoms with Crippen LogP contribution in [0, 0.1) is 39.0 Å². The van der Waals surface area contributed by atoms with Crippen LogP contribution < -0.4 is 5.32 Å². The van der Waals surface area contributed by atoms with Crippen molar-refractivity contribution < 1.29 is 4.79 Å². The first-order valence-electron chi connectivity index (χ1n) is 9.25. The number of carbonyl (C=O) groups is 1. The minimum atomic E-state index is -0.429. The number of halogens is 1. The van der Waals surface area contributed by atoms with E-state index in [1.54, 1.807) is 18.2 Å². The number of amides is 1. The van der Waals surface area contributed by atoms with Crippen LogP contribution in [0.2, 0.25) is 0 Å². The Morgan fingerprint density at radius 2 is 1.76 bits per heavy atom. The first-order chi connectivity index (χ1) is 13.8. The van der Waals surface area contributed by atoms with Crippen LogP contribution in [0.5, 0.6) is 0 Å². The largest absolute Gasteiger partial charge is 0.321 e. The Hall–Kier alpha value is -3.10. The van der Waals surface area contributed by atoms with Crippen molar-refractivity contribution in [2.75, 3.05) is 5.32 Å². The molecule has 3 rings (SSSR count). The van der Waals surface area contributed by atoms with Crippen LogP contribution in [-0.4, -0.2) is 10.5 Å². The van der Waals surface area contributed by atoms with Crippen molar-refractivity contribution in [1.29, 1.82) is 5.26 Å². The standard InChI is InChI=1S/C24H22BrN3O/c1-15-8-16(2)10-23(9-15)28-17(3)11-19(18(28)4)12-20(14-26)24(29)27-22-7-5-6-21(25)13-22/h5-13H,1-4H3,(H,27,29)/b20-12-. The average Bonchev–Trinajstić information content (AvgIpc) is 2.92. The number of hydrogen-bond acceptors (Lipinski definition) is 2. The molecule has 1 amide bonds. The topological polar surface area (TPSA) is 57.8 Å². The molecule has 0 fully saturated rings. The van der Waals surface area contributed by atoms with Crippen LogP contribution in [0.15, 0.2) is 58.6 Å². The van der Waals surface area contributed by atoms with E-state index in [1.807, 2.05) is 38.1 Å². The first kappa shape index (κ1) is 20.6. The third-order valence-corrected chi connectivity index (χ3v) is 5.18. The fourth-order valence-corrected chi connectivity index (χ4v) is 3.88. The Morgan fingerprint density at radius 1 is 1.07 bits per heavy atom. The van der Waals surface area contributed by atoms with Gasteiger partial charge in [-0.15, -0.1) is 0 Å². The van der Waals surface area contributed by atoms with E-state index in [2.05, 4.69) is 57.9 Å². The van der Waals surface area contributed by atoms with Crippen molar-refractivity contribution in [2.45, 2.75) is 27.7 Å². The molecular weight excluding hydrogens is 426 g/mol. The Balaban J connectivity index is 1.96. The van der Waals surface area contributed by atoms with E-state index in [-0.39, 0.29) is 5.57 Å². The molecule has 0 aliphatic carbocycles. The summed E-state index contributed by atoms with van der Waals surface area (Å²) in [5, 5.41) is 12.3. The number of nitrogens with zero attached hydrogens (tertiary/aromatic N) is 2. The summed E-state index contributed by atoms with van der Waals surface area (Å²) in [6.07, 6.45) is 1.65. The highest BCUT2D eigenvalue weighted by Gasteiger charge is 2.14. The lowest BCUT2D eigenvalue weighted by Gasteiger charge is -2.12. The van der Waals surface area contributed by atoms with E-state index in [0.29, 0.717) is 5.69 Å². The summed E-state index contributed by atoms with van der Waals surface area (Å²) in [4.78, 5) is 12.6. The minimum Gasteiger partial charge on any atom is -0.321 e. The molecule has 0 saturated carbocycles. The third-order valence-electron chi connectivity index (χ3n) is 4.68. The van der Waals surface area contributed by atoms with Gasteiger partial charge >= 0.3 is 0 Å². The van der Waals surface area contributed by atoms with Gasteiger partial charge in [-0.05, 0) is 86.9 Å². The smallest absolute Gasteiger partial charge is 0.266 e. The quantitative estimate of drug-likeness (QED) is 0.392. The molecule has 0 atom stereocenters. The minimum absolute atomic E-state index is 0.0608. The van der Waals surface area contributed by atoms with Gasteiger partial charge in [-0.1, -0.05) is 28.1 Å². The molecular formula is C24H22BrN3O. The number of aryl methyl sites for hydroxylation is 3. The highest BCUT2D eigenvalue weighted by atomic mass is 79.9. The van der Waals surface area contributed by atoms with E-state index < -0.39 is 5.91 Å². The molecule has 0 bridgehead atoms. The van der Waals surface area contributed by atoms with Gasteiger partial charge in [0.1, 0.15) is 11.6 Å². The Kier molecular flexibility index (Phi) is 6.05. The normalized spacial score (nSPS) is 11.2. The van der Waals surface area contributed by atoms with Gasteiger partial charge in [-0.3, -0.25) is 4.79 Å². The second-order valence-electron chi connectivity index (χ2n) is 7.14. The molecule has 0 unspecified atom stereocenters. The van der Waals surface area contributed by atoms with Gasteiger partial charge in [0.05, 0.1) is 0 Å². The van der Waals surface area contributed by atoms with Crippen molar-refractivity contribution in [3.05, 3.63) is 86.7 Å². The number of carbonyl (C=O) groups excluding carboxylic acids is 1. The first-order valence-corrected chi connectivity index (χ1v) is 10.0.